The second-order valence-corrected chi connectivity index (χ2v) is 5.75. The molecule has 116 valence electrons. The highest BCUT2D eigenvalue weighted by molar-refractivity contribution is 5.83. The molecule has 1 aliphatic heterocycles. The third kappa shape index (κ3) is 2.98. The molecule has 1 aromatic heterocycles. The van der Waals surface area contributed by atoms with Crippen molar-refractivity contribution in [1.82, 2.24) is 9.88 Å². The molecule has 0 unspecified atom stereocenters. The molecule has 0 aliphatic carbocycles. The van der Waals surface area contributed by atoms with Crippen molar-refractivity contribution < 1.29 is 14.3 Å². The molecule has 2 aromatic rings. The zero-order valence-electron chi connectivity index (χ0n) is 12.7. The lowest BCUT2D eigenvalue weighted by molar-refractivity contribution is -0.148. The molecular formula is C17H20N2O3. The number of benzene rings is 1. The van der Waals surface area contributed by atoms with Crippen molar-refractivity contribution in [2.24, 2.45) is 5.92 Å². The monoisotopic (exact) mass is 300 g/mol. The lowest BCUT2D eigenvalue weighted by atomic mass is 9.96. The number of piperidine rings is 1. The summed E-state index contributed by atoms with van der Waals surface area (Å²) in [5.74, 6) is -0.103. The molecule has 0 bridgehead atoms. The molecule has 22 heavy (non-hydrogen) atoms. The van der Waals surface area contributed by atoms with E-state index in [1.807, 2.05) is 35.4 Å². The Balaban J connectivity index is 1.59. The number of esters is 1. The van der Waals surface area contributed by atoms with Gasteiger partial charge in [0.05, 0.1) is 19.4 Å². The molecule has 3 rings (SSSR count). The number of likely N-dealkylation sites (tertiary alicyclic amines) is 1. The Morgan fingerprint density at radius 3 is 2.77 bits per heavy atom. The van der Waals surface area contributed by atoms with Gasteiger partial charge in [-0.3, -0.25) is 9.59 Å². The predicted octanol–water partition coefficient (Wildman–Crippen LogP) is 2.12. The number of nitrogens with one attached hydrogen (secondary N) is 1. The standard InChI is InChI=1S/C17H20N2O3/c1-22-17(21)13-5-8-19(9-6-13)16(20)11-12-2-3-15-14(10-12)4-7-18-15/h2-4,7,10,13,18H,5-6,8-9,11H2,1H3. The van der Waals surface area contributed by atoms with Crippen LogP contribution in [0.3, 0.4) is 0 Å². The third-order valence-electron chi connectivity index (χ3n) is 4.36. The second kappa shape index (κ2) is 6.22. The lowest BCUT2D eigenvalue weighted by Gasteiger charge is -2.30. The number of nitrogens with zero attached hydrogens (tertiary/aromatic N) is 1. The van der Waals surface area contributed by atoms with E-state index >= 15 is 0 Å². The van der Waals surface area contributed by atoms with Crippen molar-refractivity contribution in [2.45, 2.75) is 19.3 Å². The fourth-order valence-corrected chi connectivity index (χ4v) is 3.03. The van der Waals surface area contributed by atoms with Crippen LogP contribution in [-0.4, -0.2) is 42.0 Å². The molecule has 1 saturated heterocycles. The number of hydrogen-bond acceptors (Lipinski definition) is 3. The van der Waals surface area contributed by atoms with Crippen LogP contribution < -0.4 is 0 Å². The lowest BCUT2D eigenvalue weighted by Crippen LogP contribution is -2.41. The minimum Gasteiger partial charge on any atom is -0.469 e. The van der Waals surface area contributed by atoms with Gasteiger partial charge in [-0.15, -0.1) is 0 Å². The van der Waals surface area contributed by atoms with Crippen LogP contribution in [0, 0.1) is 5.92 Å². The van der Waals surface area contributed by atoms with Gasteiger partial charge in [0.2, 0.25) is 5.91 Å². The molecule has 5 heteroatoms. The summed E-state index contributed by atoms with van der Waals surface area (Å²) >= 11 is 0. The van der Waals surface area contributed by atoms with Crippen molar-refractivity contribution >= 4 is 22.8 Å². The topological polar surface area (TPSA) is 62.4 Å². The minimum absolute atomic E-state index is 0.0646. The molecule has 0 spiro atoms. The molecule has 1 amide bonds. The molecule has 0 radical (unpaired) electrons. The number of aromatic nitrogens is 1. The van der Waals surface area contributed by atoms with E-state index in [1.165, 1.54) is 7.11 Å². The largest absolute Gasteiger partial charge is 0.469 e. The summed E-state index contributed by atoms with van der Waals surface area (Å²) in [6, 6.07) is 8.04. The summed E-state index contributed by atoms with van der Waals surface area (Å²) < 4.78 is 4.77. The van der Waals surface area contributed by atoms with Crippen LogP contribution in [0.2, 0.25) is 0 Å². The normalized spacial score (nSPS) is 16.0. The number of H-pyrrole nitrogens is 1. The van der Waals surface area contributed by atoms with Gasteiger partial charge in [-0.25, -0.2) is 0 Å². The van der Waals surface area contributed by atoms with Crippen molar-refractivity contribution in [3.05, 3.63) is 36.0 Å². The number of fused-ring (bicyclic) bond motifs is 1. The average Bonchev–Trinajstić information content (AvgIpc) is 3.02. The molecule has 1 fully saturated rings. The number of amides is 1. The molecule has 2 heterocycles. The SMILES string of the molecule is COC(=O)C1CCN(C(=O)Cc2ccc3[nH]ccc3c2)CC1. The predicted molar refractivity (Wildman–Crippen MR) is 83.3 cm³/mol. The van der Waals surface area contributed by atoms with E-state index in [0.29, 0.717) is 32.4 Å². The second-order valence-electron chi connectivity index (χ2n) is 5.75. The number of rotatable bonds is 3. The first-order valence-corrected chi connectivity index (χ1v) is 7.59. The molecular weight excluding hydrogens is 280 g/mol. The van der Waals surface area contributed by atoms with Gasteiger partial charge >= 0.3 is 5.97 Å². The van der Waals surface area contributed by atoms with Crippen molar-refractivity contribution in [1.29, 1.82) is 0 Å². The molecule has 5 nitrogen and oxygen atoms in total. The number of ether oxygens (including phenoxy) is 1. The minimum atomic E-state index is -0.162. The van der Waals surface area contributed by atoms with Gasteiger partial charge in [-0.1, -0.05) is 6.07 Å². The van der Waals surface area contributed by atoms with Crippen LogP contribution in [0.5, 0.6) is 0 Å². The Labute approximate surface area is 129 Å². The first kappa shape index (κ1) is 14.6. The van der Waals surface area contributed by atoms with Gasteiger partial charge in [0.1, 0.15) is 0 Å². The van der Waals surface area contributed by atoms with E-state index in [1.54, 1.807) is 0 Å². The van der Waals surface area contributed by atoms with Crippen LogP contribution in [0.15, 0.2) is 30.5 Å². The van der Waals surface area contributed by atoms with E-state index in [0.717, 1.165) is 16.5 Å². The first-order valence-electron chi connectivity index (χ1n) is 7.59. The maximum atomic E-state index is 12.4. The zero-order valence-corrected chi connectivity index (χ0v) is 12.7. The number of methoxy groups -OCH3 is 1. The summed E-state index contributed by atoms with van der Waals surface area (Å²) in [6.07, 6.45) is 3.68. The highest BCUT2D eigenvalue weighted by Gasteiger charge is 2.27. The first-order chi connectivity index (χ1) is 10.7. The van der Waals surface area contributed by atoms with E-state index in [-0.39, 0.29) is 17.8 Å². The van der Waals surface area contributed by atoms with E-state index < -0.39 is 0 Å². The molecule has 1 aromatic carbocycles. The van der Waals surface area contributed by atoms with Gasteiger partial charge in [0, 0.05) is 24.8 Å². The zero-order chi connectivity index (χ0) is 15.5. The van der Waals surface area contributed by atoms with E-state index in [9.17, 15) is 9.59 Å². The Bertz CT molecular complexity index is 684. The maximum Gasteiger partial charge on any atom is 0.308 e. The van der Waals surface area contributed by atoms with Gasteiger partial charge in [0.15, 0.2) is 0 Å². The van der Waals surface area contributed by atoms with Gasteiger partial charge in [-0.2, -0.15) is 0 Å². The Hall–Kier alpha value is -2.30. The molecule has 1 aliphatic rings. The maximum absolute atomic E-state index is 12.4. The fraction of sp³-hybridized carbons (Fsp3) is 0.412. The van der Waals surface area contributed by atoms with Crippen LogP contribution in [0.4, 0.5) is 0 Å². The smallest absolute Gasteiger partial charge is 0.308 e. The number of carbonyl (C=O) groups is 2. The van der Waals surface area contributed by atoms with Gasteiger partial charge in [0.25, 0.3) is 0 Å². The van der Waals surface area contributed by atoms with Gasteiger partial charge in [-0.05, 0) is 42.0 Å². The summed E-state index contributed by atoms with van der Waals surface area (Å²) in [6.45, 7) is 1.26. The Morgan fingerprint density at radius 1 is 1.27 bits per heavy atom. The van der Waals surface area contributed by atoms with Crippen LogP contribution in [0.25, 0.3) is 10.9 Å². The highest BCUT2D eigenvalue weighted by atomic mass is 16.5. The van der Waals surface area contributed by atoms with E-state index in [2.05, 4.69) is 4.98 Å². The van der Waals surface area contributed by atoms with Crippen molar-refractivity contribution in [2.75, 3.05) is 20.2 Å². The van der Waals surface area contributed by atoms with E-state index in [4.69, 9.17) is 4.74 Å². The summed E-state index contributed by atoms with van der Waals surface area (Å²) in [4.78, 5) is 28.9. The van der Waals surface area contributed by atoms with Crippen molar-refractivity contribution in [3.63, 3.8) is 0 Å². The number of carbonyl (C=O) groups excluding carboxylic acids is 2. The molecule has 1 N–H and O–H groups in total. The van der Waals surface area contributed by atoms with Crippen LogP contribution in [-0.2, 0) is 20.7 Å². The fourth-order valence-electron chi connectivity index (χ4n) is 3.03. The third-order valence-corrected chi connectivity index (χ3v) is 4.36. The number of aromatic amines is 1. The number of hydrogen-bond donors (Lipinski definition) is 1. The Kier molecular flexibility index (Phi) is 4.13. The van der Waals surface area contributed by atoms with Gasteiger partial charge < -0.3 is 14.6 Å². The summed E-state index contributed by atoms with van der Waals surface area (Å²) in [7, 11) is 1.41. The highest BCUT2D eigenvalue weighted by Crippen LogP contribution is 2.20. The van der Waals surface area contributed by atoms with Crippen molar-refractivity contribution in [3.8, 4) is 0 Å². The molecule has 0 saturated carbocycles. The van der Waals surface area contributed by atoms with Crippen LogP contribution in [0.1, 0.15) is 18.4 Å². The molecule has 0 atom stereocenters. The summed E-state index contributed by atoms with van der Waals surface area (Å²) in [5.41, 5.74) is 2.10. The quantitative estimate of drug-likeness (QED) is 0.883. The summed E-state index contributed by atoms with van der Waals surface area (Å²) in [5, 5.41) is 1.12. The van der Waals surface area contributed by atoms with Crippen LogP contribution >= 0.6 is 0 Å². The average molecular weight is 300 g/mol. The Morgan fingerprint density at radius 2 is 2.05 bits per heavy atom.